The van der Waals surface area contributed by atoms with Gasteiger partial charge in [0.2, 0.25) is 0 Å². The maximum atomic E-state index is 2.52. The second kappa shape index (κ2) is 12.4. The van der Waals surface area contributed by atoms with E-state index in [1.54, 1.807) is 0 Å². The largest absolute Gasteiger partial charge is 0.0654 e. The molecule has 0 saturated heterocycles. The Bertz CT molecular complexity index is 318. The third kappa shape index (κ3) is 8.96. The van der Waals surface area contributed by atoms with E-state index in [0.717, 1.165) is 41.4 Å². The van der Waals surface area contributed by atoms with Crippen LogP contribution in [0.5, 0.6) is 0 Å². The molecule has 0 heterocycles. The molecule has 0 aromatic rings. The van der Waals surface area contributed by atoms with Crippen molar-refractivity contribution >= 4 is 0 Å². The molecule has 0 aromatic carbocycles. The average Bonchev–Trinajstić information content (AvgIpc) is 3.26. The van der Waals surface area contributed by atoms with Crippen LogP contribution < -0.4 is 0 Å². The molecule has 0 bridgehead atoms. The fourth-order valence-corrected chi connectivity index (χ4v) is 5.13. The van der Waals surface area contributed by atoms with Gasteiger partial charge in [-0.25, -0.2) is 0 Å². The van der Waals surface area contributed by atoms with Crippen molar-refractivity contribution in [1.82, 2.24) is 0 Å². The van der Waals surface area contributed by atoms with E-state index < -0.39 is 0 Å². The molecule has 0 aliphatic heterocycles. The predicted molar refractivity (Wildman–Crippen MR) is 115 cm³/mol. The van der Waals surface area contributed by atoms with Gasteiger partial charge in [0, 0.05) is 0 Å². The highest BCUT2D eigenvalue weighted by atomic mass is 14.4. The van der Waals surface area contributed by atoms with E-state index in [4.69, 9.17) is 0 Å². The van der Waals surface area contributed by atoms with Gasteiger partial charge >= 0.3 is 0 Å². The van der Waals surface area contributed by atoms with Crippen molar-refractivity contribution in [3.63, 3.8) is 0 Å². The van der Waals surface area contributed by atoms with Crippen LogP contribution in [0.2, 0.25) is 0 Å². The highest BCUT2D eigenvalue weighted by Crippen LogP contribution is 2.46. The Morgan fingerprint density at radius 3 is 1.68 bits per heavy atom. The van der Waals surface area contributed by atoms with Gasteiger partial charge in [0.1, 0.15) is 0 Å². The first kappa shape index (κ1) is 23.0. The lowest BCUT2D eigenvalue weighted by Crippen LogP contribution is -2.17. The molecule has 0 aromatic heterocycles. The van der Waals surface area contributed by atoms with E-state index >= 15 is 0 Å². The van der Waals surface area contributed by atoms with Gasteiger partial charge in [-0.1, -0.05) is 93.4 Å². The van der Waals surface area contributed by atoms with E-state index in [9.17, 15) is 0 Å². The normalized spacial score (nSPS) is 25.0. The van der Waals surface area contributed by atoms with Crippen LogP contribution in [0, 0.1) is 41.4 Å². The molecule has 0 nitrogen and oxygen atoms in total. The first-order valence-electron chi connectivity index (χ1n) is 11.9. The fraction of sp³-hybridized carbons (Fsp3) is 1.00. The molecule has 150 valence electrons. The van der Waals surface area contributed by atoms with Crippen LogP contribution in [-0.2, 0) is 0 Å². The molecule has 0 amide bonds. The van der Waals surface area contributed by atoms with Gasteiger partial charge in [0.25, 0.3) is 0 Å². The van der Waals surface area contributed by atoms with Gasteiger partial charge in [0.15, 0.2) is 0 Å². The van der Waals surface area contributed by atoms with Gasteiger partial charge in [-0.2, -0.15) is 0 Å². The molecule has 1 rings (SSSR count). The monoisotopic (exact) mass is 350 g/mol. The Hall–Kier alpha value is 0. The minimum Gasteiger partial charge on any atom is -0.0654 e. The summed E-state index contributed by atoms with van der Waals surface area (Å²) in [7, 11) is 0. The summed E-state index contributed by atoms with van der Waals surface area (Å²) in [6.45, 7) is 17.0. The van der Waals surface area contributed by atoms with E-state index in [-0.39, 0.29) is 0 Å². The summed E-state index contributed by atoms with van der Waals surface area (Å²) in [6.07, 6.45) is 16.0. The molecular weight excluding hydrogens is 300 g/mol. The molecule has 1 saturated carbocycles. The summed E-state index contributed by atoms with van der Waals surface area (Å²) in [4.78, 5) is 0. The SMILES string of the molecule is CCCC(CCC(C)CCC(CC)C(CCC)CC1CC1C)C(C)C. The van der Waals surface area contributed by atoms with E-state index in [0.29, 0.717) is 0 Å². The first-order valence-corrected chi connectivity index (χ1v) is 11.9. The summed E-state index contributed by atoms with van der Waals surface area (Å²) in [6, 6.07) is 0. The molecule has 1 fully saturated rings. The lowest BCUT2D eigenvalue weighted by Gasteiger charge is -2.28. The number of rotatable bonds is 15. The van der Waals surface area contributed by atoms with Crippen LogP contribution in [0.4, 0.5) is 0 Å². The minimum atomic E-state index is 0.866. The Balaban J connectivity index is 2.37. The maximum Gasteiger partial charge on any atom is -0.0383 e. The lowest BCUT2D eigenvalue weighted by atomic mass is 9.78. The van der Waals surface area contributed by atoms with E-state index in [1.807, 2.05) is 0 Å². The van der Waals surface area contributed by atoms with E-state index in [2.05, 4.69) is 48.5 Å². The second-order valence-electron chi connectivity index (χ2n) is 9.98. The molecular formula is C25H50. The molecule has 25 heavy (non-hydrogen) atoms. The third-order valence-electron chi connectivity index (χ3n) is 7.39. The van der Waals surface area contributed by atoms with Crippen LogP contribution in [0.1, 0.15) is 119 Å². The number of hydrogen-bond donors (Lipinski definition) is 0. The highest BCUT2D eigenvalue weighted by molar-refractivity contribution is 4.86. The molecule has 0 N–H and O–H groups in total. The minimum absolute atomic E-state index is 0.866. The molecule has 0 spiro atoms. The van der Waals surface area contributed by atoms with Crippen LogP contribution in [0.25, 0.3) is 0 Å². The Morgan fingerprint density at radius 1 is 0.720 bits per heavy atom. The zero-order chi connectivity index (χ0) is 18.8. The number of hydrogen-bond acceptors (Lipinski definition) is 0. The molecule has 1 aliphatic carbocycles. The van der Waals surface area contributed by atoms with Gasteiger partial charge in [-0.15, -0.1) is 0 Å². The van der Waals surface area contributed by atoms with E-state index in [1.165, 1.54) is 70.6 Å². The van der Waals surface area contributed by atoms with Gasteiger partial charge in [-0.3, -0.25) is 0 Å². The molecule has 1 aliphatic rings. The Morgan fingerprint density at radius 2 is 1.24 bits per heavy atom. The second-order valence-corrected chi connectivity index (χ2v) is 9.98. The lowest BCUT2D eigenvalue weighted by molar-refractivity contribution is 0.231. The zero-order valence-corrected chi connectivity index (χ0v) is 18.8. The quantitative estimate of drug-likeness (QED) is 0.277. The highest BCUT2D eigenvalue weighted by Gasteiger charge is 2.35. The topological polar surface area (TPSA) is 0 Å². The molecule has 6 atom stereocenters. The van der Waals surface area contributed by atoms with Gasteiger partial charge < -0.3 is 0 Å². The summed E-state index contributed by atoms with van der Waals surface area (Å²) < 4.78 is 0. The van der Waals surface area contributed by atoms with Crippen molar-refractivity contribution in [1.29, 1.82) is 0 Å². The molecule has 0 radical (unpaired) electrons. The van der Waals surface area contributed by atoms with Crippen molar-refractivity contribution in [3.05, 3.63) is 0 Å². The standard InChI is InChI=1S/C25H50/c1-8-11-23(19(4)5)16-14-20(6)13-15-22(10-3)24(12-9-2)18-25-17-21(25)7/h19-25H,8-18H2,1-7H3. The van der Waals surface area contributed by atoms with Crippen LogP contribution in [0.3, 0.4) is 0 Å². The van der Waals surface area contributed by atoms with Crippen LogP contribution in [0.15, 0.2) is 0 Å². The van der Waals surface area contributed by atoms with Crippen LogP contribution in [-0.4, -0.2) is 0 Å². The summed E-state index contributed by atoms with van der Waals surface area (Å²) in [5, 5.41) is 0. The zero-order valence-electron chi connectivity index (χ0n) is 18.8. The maximum absolute atomic E-state index is 2.52. The summed E-state index contributed by atoms with van der Waals surface area (Å²) >= 11 is 0. The fourth-order valence-electron chi connectivity index (χ4n) is 5.13. The predicted octanol–water partition coefficient (Wildman–Crippen LogP) is 8.74. The van der Waals surface area contributed by atoms with Crippen molar-refractivity contribution in [2.24, 2.45) is 41.4 Å². The summed E-state index contributed by atoms with van der Waals surface area (Å²) in [5.74, 6) is 6.86. The molecule has 0 heteroatoms. The smallest absolute Gasteiger partial charge is 0.0383 e. The van der Waals surface area contributed by atoms with Crippen LogP contribution >= 0.6 is 0 Å². The molecule has 6 unspecified atom stereocenters. The Labute approximate surface area is 160 Å². The van der Waals surface area contributed by atoms with Crippen molar-refractivity contribution in [3.8, 4) is 0 Å². The Kier molecular flexibility index (Phi) is 11.4. The first-order chi connectivity index (χ1) is 11.9. The summed E-state index contributed by atoms with van der Waals surface area (Å²) in [5.41, 5.74) is 0. The van der Waals surface area contributed by atoms with Gasteiger partial charge in [0.05, 0.1) is 0 Å². The third-order valence-corrected chi connectivity index (χ3v) is 7.39. The van der Waals surface area contributed by atoms with Crippen molar-refractivity contribution in [2.45, 2.75) is 119 Å². The van der Waals surface area contributed by atoms with Gasteiger partial charge in [-0.05, 0) is 67.1 Å². The van der Waals surface area contributed by atoms with Crippen molar-refractivity contribution in [2.75, 3.05) is 0 Å². The van der Waals surface area contributed by atoms with Crippen molar-refractivity contribution < 1.29 is 0 Å². The average molecular weight is 351 g/mol.